The Balaban J connectivity index is 2.48. The Bertz CT molecular complexity index is 567. The van der Waals surface area contributed by atoms with Gasteiger partial charge in [-0.3, -0.25) is 5.41 Å². The number of benzene rings is 2. The van der Waals surface area contributed by atoms with Gasteiger partial charge in [0.15, 0.2) is 0 Å². The average molecular weight is 243 g/mol. The van der Waals surface area contributed by atoms with Crippen LogP contribution in [-0.4, -0.2) is 12.9 Å². The van der Waals surface area contributed by atoms with Crippen molar-refractivity contribution >= 4 is 17.2 Å². The van der Waals surface area contributed by atoms with Gasteiger partial charge in [-0.15, -0.1) is 0 Å². The van der Waals surface area contributed by atoms with Crippen molar-refractivity contribution in [3.63, 3.8) is 0 Å². The summed E-state index contributed by atoms with van der Waals surface area (Å²) in [5, 5.41) is 7.51. The van der Waals surface area contributed by atoms with Gasteiger partial charge in [-0.05, 0) is 30.3 Å². The van der Waals surface area contributed by atoms with E-state index in [0.29, 0.717) is 11.3 Å². The lowest BCUT2D eigenvalue weighted by Gasteiger charge is -2.22. The van der Waals surface area contributed by atoms with Crippen LogP contribution >= 0.6 is 0 Å². The van der Waals surface area contributed by atoms with E-state index < -0.39 is 5.82 Å². The summed E-state index contributed by atoms with van der Waals surface area (Å²) >= 11 is 0. The van der Waals surface area contributed by atoms with Crippen molar-refractivity contribution in [2.45, 2.75) is 0 Å². The predicted octanol–water partition coefficient (Wildman–Crippen LogP) is 2.88. The topological polar surface area (TPSA) is 53.1 Å². The Labute approximate surface area is 105 Å². The second-order valence-electron chi connectivity index (χ2n) is 3.97. The summed E-state index contributed by atoms with van der Waals surface area (Å²) in [5.74, 6) is -0.544. The van der Waals surface area contributed by atoms with E-state index in [9.17, 15) is 4.39 Å². The lowest BCUT2D eigenvalue weighted by molar-refractivity contribution is 0.627. The molecular weight excluding hydrogens is 229 g/mol. The third-order valence-electron chi connectivity index (χ3n) is 2.75. The Morgan fingerprint density at radius 3 is 2.44 bits per heavy atom. The fourth-order valence-electron chi connectivity index (χ4n) is 1.81. The first-order chi connectivity index (χ1) is 8.59. The summed E-state index contributed by atoms with van der Waals surface area (Å²) in [5.41, 5.74) is 7.53. The van der Waals surface area contributed by atoms with E-state index >= 15 is 0 Å². The minimum Gasteiger partial charge on any atom is -0.384 e. The SMILES string of the molecule is CN(c1ccccc1)c1ccc(F)cc1C(=N)N. The highest BCUT2D eigenvalue weighted by molar-refractivity contribution is 6.01. The molecular formula is C14H14FN3. The van der Waals surface area contributed by atoms with Gasteiger partial charge in [0.2, 0.25) is 0 Å². The quantitative estimate of drug-likeness (QED) is 0.643. The van der Waals surface area contributed by atoms with Crippen LogP contribution in [0.25, 0.3) is 0 Å². The van der Waals surface area contributed by atoms with Crippen molar-refractivity contribution in [2.75, 3.05) is 11.9 Å². The van der Waals surface area contributed by atoms with E-state index in [1.54, 1.807) is 6.07 Å². The maximum Gasteiger partial charge on any atom is 0.125 e. The highest BCUT2D eigenvalue weighted by Crippen LogP contribution is 2.27. The first-order valence-electron chi connectivity index (χ1n) is 5.52. The molecule has 0 spiro atoms. The minimum atomic E-state index is -0.398. The van der Waals surface area contributed by atoms with Crippen LogP contribution in [0.4, 0.5) is 15.8 Å². The molecule has 2 rings (SSSR count). The molecule has 3 nitrogen and oxygen atoms in total. The smallest absolute Gasteiger partial charge is 0.125 e. The van der Waals surface area contributed by atoms with Crippen LogP contribution < -0.4 is 10.6 Å². The molecule has 92 valence electrons. The van der Waals surface area contributed by atoms with E-state index in [1.807, 2.05) is 42.3 Å². The third kappa shape index (κ3) is 2.32. The number of rotatable bonds is 3. The number of anilines is 2. The fourth-order valence-corrected chi connectivity index (χ4v) is 1.81. The van der Waals surface area contributed by atoms with Crippen molar-refractivity contribution in [1.82, 2.24) is 0 Å². The van der Waals surface area contributed by atoms with E-state index in [2.05, 4.69) is 0 Å². The number of hydrogen-bond donors (Lipinski definition) is 2. The minimum absolute atomic E-state index is 0.146. The molecule has 0 saturated heterocycles. The molecule has 0 aliphatic heterocycles. The van der Waals surface area contributed by atoms with Crippen molar-refractivity contribution in [3.05, 3.63) is 59.9 Å². The molecule has 2 aromatic rings. The van der Waals surface area contributed by atoms with Gasteiger partial charge in [-0.1, -0.05) is 18.2 Å². The average Bonchev–Trinajstić information content (AvgIpc) is 2.39. The lowest BCUT2D eigenvalue weighted by atomic mass is 10.1. The molecule has 0 radical (unpaired) electrons. The van der Waals surface area contributed by atoms with Gasteiger partial charge in [0.25, 0.3) is 0 Å². The van der Waals surface area contributed by atoms with E-state index in [1.165, 1.54) is 12.1 Å². The van der Waals surface area contributed by atoms with Gasteiger partial charge < -0.3 is 10.6 Å². The summed E-state index contributed by atoms with van der Waals surface area (Å²) in [4.78, 5) is 1.87. The van der Waals surface area contributed by atoms with Gasteiger partial charge in [-0.2, -0.15) is 0 Å². The molecule has 0 amide bonds. The standard InChI is InChI=1S/C14H14FN3/c1-18(11-5-3-2-4-6-11)13-8-7-10(15)9-12(13)14(16)17/h2-9H,1H3,(H3,16,17). The number of nitrogen functional groups attached to an aromatic ring is 1. The number of nitrogens with one attached hydrogen (secondary N) is 1. The zero-order valence-electron chi connectivity index (χ0n) is 10.0. The van der Waals surface area contributed by atoms with Gasteiger partial charge in [-0.25, -0.2) is 4.39 Å². The van der Waals surface area contributed by atoms with Crippen molar-refractivity contribution < 1.29 is 4.39 Å². The summed E-state index contributed by atoms with van der Waals surface area (Å²) in [6.45, 7) is 0. The molecule has 3 N–H and O–H groups in total. The van der Waals surface area contributed by atoms with Crippen LogP contribution in [0.2, 0.25) is 0 Å². The first-order valence-corrected chi connectivity index (χ1v) is 5.52. The third-order valence-corrected chi connectivity index (χ3v) is 2.75. The number of halogens is 1. The van der Waals surface area contributed by atoms with Crippen LogP contribution in [-0.2, 0) is 0 Å². The Kier molecular flexibility index (Phi) is 3.28. The zero-order chi connectivity index (χ0) is 13.1. The molecule has 18 heavy (non-hydrogen) atoms. The van der Waals surface area contributed by atoms with Crippen molar-refractivity contribution in [1.29, 1.82) is 5.41 Å². The molecule has 0 aliphatic carbocycles. The Hall–Kier alpha value is -2.36. The largest absolute Gasteiger partial charge is 0.384 e. The summed E-state index contributed by atoms with van der Waals surface area (Å²) in [7, 11) is 1.86. The van der Waals surface area contributed by atoms with E-state index in [4.69, 9.17) is 11.1 Å². The molecule has 0 fully saturated rings. The predicted molar refractivity (Wildman–Crippen MR) is 71.9 cm³/mol. The van der Waals surface area contributed by atoms with Crippen molar-refractivity contribution in [3.8, 4) is 0 Å². The second-order valence-corrected chi connectivity index (χ2v) is 3.97. The Morgan fingerprint density at radius 1 is 1.17 bits per heavy atom. The summed E-state index contributed by atoms with van der Waals surface area (Å²) < 4.78 is 13.2. The second kappa shape index (κ2) is 4.87. The van der Waals surface area contributed by atoms with Crippen LogP contribution in [0, 0.1) is 11.2 Å². The van der Waals surface area contributed by atoms with Crippen LogP contribution in [0.15, 0.2) is 48.5 Å². The van der Waals surface area contributed by atoms with Crippen LogP contribution in [0.5, 0.6) is 0 Å². The highest BCUT2D eigenvalue weighted by Gasteiger charge is 2.12. The van der Waals surface area contributed by atoms with Crippen molar-refractivity contribution in [2.24, 2.45) is 5.73 Å². The van der Waals surface area contributed by atoms with Gasteiger partial charge in [0, 0.05) is 18.3 Å². The maximum atomic E-state index is 13.2. The van der Waals surface area contributed by atoms with Gasteiger partial charge in [0.1, 0.15) is 11.7 Å². The molecule has 0 atom stereocenters. The molecule has 0 unspecified atom stereocenters. The molecule has 0 heterocycles. The monoisotopic (exact) mass is 243 g/mol. The number of para-hydroxylation sites is 1. The molecule has 4 heteroatoms. The number of nitrogens with zero attached hydrogens (tertiary/aromatic N) is 1. The van der Waals surface area contributed by atoms with Crippen LogP contribution in [0.1, 0.15) is 5.56 Å². The number of hydrogen-bond acceptors (Lipinski definition) is 2. The fraction of sp³-hybridized carbons (Fsp3) is 0.0714. The zero-order valence-corrected chi connectivity index (χ0v) is 10.0. The highest BCUT2D eigenvalue weighted by atomic mass is 19.1. The summed E-state index contributed by atoms with van der Waals surface area (Å²) in [6.07, 6.45) is 0. The molecule has 0 bridgehead atoms. The van der Waals surface area contributed by atoms with Gasteiger partial charge >= 0.3 is 0 Å². The summed E-state index contributed by atoms with van der Waals surface area (Å²) in [6, 6.07) is 13.9. The van der Waals surface area contributed by atoms with E-state index in [0.717, 1.165) is 5.69 Å². The normalized spacial score (nSPS) is 10.1. The molecule has 0 saturated carbocycles. The maximum absolute atomic E-state index is 13.2. The van der Waals surface area contributed by atoms with Gasteiger partial charge in [0.05, 0.1) is 5.69 Å². The number of nitrogens with two attached hydrogens (primary N) is 1. The van der Waals surface area contributed by atoms with E-state index in [-0.39, 0.29) is 5.84 Å². The lowest BCUT2D eigenvalue weighted by Crippen LogP contribution is -2.18. The number of amidine groups is 1. The first kappa shape index (κ1) is 12.1. The molecule has 0 aliphatic rings. The Morgan fingerprint density at radius 2 is 1.83 bits per heavy atom. The molecule has 2 aromatic carbocycles. The van der Waals surface area contributed by atoms with Crippen LogP contribution in [0.3, 0.4) is 0 Å². The molecule has 0 aromatic heterocycles.